The predicted molar refractivity (Wildman–Crippen MR) is 117 cm³/mol. The van der Waals surface area contributed by atoms with Crippen molar-refractivity contribution in [2.75, 3.05) is 13.6 Å². The van der Waals surface area contributed by atoms with E-state index in [9.17, 15) is 14.0 Å². The Morgan fingerprint density at radius 2 is 2.00 bits per heavy atom. The molecule has 0 spiro atoms. The number of hydrogen-bond donors (Lipinski definition) is 0. The van der Waals surface area contributed by atoms with Crippen molar-refractivity contribution in [3.05, 3.63) is 86.8 Å². The minimum atomic E-state index is -0.487. The van der Waals surface area contributed by atoms with Crippen LogP contribution in [0.1, 0.15) is 35.7 Å². The second-order valence-corrected chi connectivity index (χ2v) is 8.25. The molecule has 0 fully saturated rings. The second kappa shape index (κ2) is 9.06. The van der Waals surface area contributed by atoms with Crippen LogP contribution in [-0.4, -0.2) is 38.7 Å². The number of likely N-dealkylation sites (N-methyl/N-ethyl adjacent to an activating group) is 1. The number of halogens is 2. The van der Waals surface area contributed by atoms with Gasteiger partial charge < -0.3 is 4.90 Å². The van der Waals surface area contributed by atoms with E-state index in [4.69, 9.17) is 11.6 Å². The Kier molecular flexibility index (Phi) is 6.23. The first kappa shape index (κ1) is 21.3. The van der Waals surface area contributed by atoms with Gasteiger partial charge in [0.25, 0.3) is 0 Å². The Morgan fingerprint density at radius 3 is 2.74 bits per heavy atom. The van der Waals surface area contributed by atoms with Gasteiger partial charge >= 0.3 is 5.69 Å². The van der Waals surface area contributed by atoms with Crippen molar-refractivity contribution in [2.24, 2.45) is 0 Å². The number of rotatable bonds is 6. The molecule has 8 heteroatoms. The summed E-state index contributed by atoms with van der Waals surface area (Å²) in [5.74, 6) is -0.587. The van der Waals surface area contributed by atoms with Gasteiger partial charge in [-0.25, -0.2) is 13.9 Å². The van der Waals surface area contributed by atoms with Crippen molar-refractivity contribution >= 4 is 17.5 Å². The molecule has 0 bridgehead atoms. The van der Waals surface area contributed by atoms with Crippen molar-refractivity contribution in [1.82, 2.24) is 19.2 Å². The van der Waals surface area contributed by atoms with Crippen LogP contribution in [0.15, 0.2) is 53.3 Å². The lowest BCUT2D eigenvalue weighted by atomic mass is 9.97. The highest BCUT2D eigenvalue weighted by Gasteiger charge is 2.33. The average molecular weight is 443 g/mol. The fourth-order valence-electron chi connectivity index (χ4n) is 4.00. The minimum absolute atomic E-state index is 0.0574. The molecule has 0 radical (unpaired) electrons. The zero-order chi connectivity index (χ0) is 22.0. The fraction of sp³-hybridized carbons (Fsp3) is 0.348. The van der Waals surface area contributed by atoms with Gasteiger partial charge in [-0.1, -0.05) is 48.0 Å². The molecule has 4 rings (SSSR count). The quantitative estimate of drug-likeness (QED) is 0.587. The van der Waals surface area contributed by atoms with Gasteiger partial charge in [-0.15, -0.1) is 0 Å². The Morgan fingerprint density at radius 1 is 1.23 bits per heavy atom. The Balaban J connectivity index is 1.54. The van der Waals surface area contributed by atoms with Crippen molar-refractivity contribution in [3.63, 3.8) is 0 Å². The maximum Gasteiger partial charge on any atom is 0.346 e. The van der Waals surface area contributed by atoms with Crippen LogP contribution in [0.25, 0.3) is 0 Å². The highest BCUT2D eigenvalue weighted by atomic mass is 35.5. The first-order valence-corrected chi connectivity index (χ1v) is 10.7. The number of aromatic nitrogens is 3. The lowest BCUT2D eigenvalue weighted by Crippen LogP contribution is -2.37. The normalized spacial score (nSPS) is 15.5. The molecule has 162 valence electrons. The van der Waals surface area contributed by atoms with E-state index in [0.717, 1.165) is 12.0 Å². The van der Waals surface area contributed by atoms with Gasteiger partial charge in [-0.2, -0.15) is 5.10 Å². The van der Waals surface area contributed by atoms with Gasteiger partial charge in [-0.05, 0) is 37.0 Å². The first-order valence-electron chi connectivity index (χ1n) is 10.3. The van der Waals surface area contributed by atoms with Crippen LogP contribution in [0.2, 0.25) is 5.02 Å². The monoisotopic (exact) mass is 442 g/mol. The zero-order valence-corrected chi connectivity index (χ0v) is 18.1. The summed E-state index contributed by atoms with van der Waals surface area (Å²) in [6.07, 6.45) is 2.09. The molecule has 0 N–H and O–H groups in total. The van der Waals surface area contributed by atoms with E-state index >= 15 is 0 Å². The van der Waals surface area contributed by atoms with E-state index in [-0.39, 0.29) is 28.7 Å². The van der Waals surface area contributed by atoms with Crippen LogP contribution in [0.4, 0.5) is 4.39 Å². The third-order valence-electron chi connectivity index (χ3n) is 5.76. The molecule has 2 aromatic carbocycles. The van der Waals surface area contributed by atoms with Crippen LogP contribution >= 0.6 is 11.6 Å². The smallest absolute Gasteiger partial charge is 0.345 e. The number of hydrogen-bond acceptors (Lipinski definition) is 3. The molecule has 31 heavy (non-hydrogen) atoms. The minimum Gasteiger partial charge on any atom is -0.345 e. The standard InChI is InChI=1S/C23H24ClFN4O2/c1-27(14-12-16-7-3-2-4-8-16)22(30)17-9-6-13-28-21(17)26-29(23(28)31)15-18-19(24)10-5-11-20(18)25/h2-5,7-8,10-11,17H,6,9,12-15H2,1H3. The molecule has 3 aromatic rings. The van der Waals surface area contributed by atoms with Crippen LogP contribution in [0, 0.1) is 5.82 Å². The topological polar surface area (TPSA) is 60.1 Å². The molecule has 2 heterocycles. The van der Waals surface area contributed by atoms with Gasteiger partial charge in [0.05, 0.1) is 12.5 Å². The first-order chi connectivity index (χ1) is 15.0. The van der Waals surface area contributed by atoms with E-state index in [2.05, 4.69) is 5.10 Å². The van der Waals surface area contributed by atoms with Crippen molar-refractivity contribution in [3.8, 4) is 0 Å². The molecule has 1 aliphatic rings. The van der Waals surface area contributed by atoms with E-state index < -0.39 is 11.7 Å². The third-order valence-corrected chi connectivity index (χ3v) is 6.11. The average Bonchev–Trinajstić information content (AvgIpc) is 3.10. The maximum absolute atomic E-state index is 14.2. The summed E-state index contributed by atoms with van der Waals surface area (Å²) in [5, 5.41) is 4.67. The molecule has 1 atom stereocenters. The Bertz CT molecular complexity index is 1120. The van der Waals surface area contributed by atoms with Gasteiger partial charge in [0.1, 0.15) is 11.6 Å². The fourth-order valence-corrected chi connectivity index (χ4v) is 4.22. The summed E-state index contributed by atoms with van der Waals surface area (Å²) in [5.41, 5.74) is 1.03. The SMILES string of the molecule is CN(CCc1ccccc1)C(=O)C1CCCn2c1nn(Cc1c(F)cccc1Cl)c2=O. The van der Waals surface area contributed by atoms with E-state index in [1.165, 1.54) is 21.4 Å². The Labute approximate surface area is 184 Å². The van der Waals surface area contributed by atoms with Gasteiger partial charge in [0.2, 0.25) is 5.91 Å². The van der Waals surface area contributed by atoms with E-state index in [1.54, 1.807) is 18.0 Å². The summed E-state index contributed by atoms with van der Waals surface area (Å²) in [6.45, 7) is 1.00. The molecular formula is C23H24ClFN4O2. The Hall–Kier alpha value is -2.93. The third kappa shape index (κ3) is 4.42. The van der Waals surface area contributed by atoms with Crippen LogP contribution in [-0.2, 0) is 24.3 Å². The predicted octanol–water partition coefficient (Wildman–Crippen LogP) is 3.46. The number of benzene rings is 2. The summed E-state index contributed by atoms with van der Waals surface area (Å²) in [4.78, 5) is 27.7. The second-order valence-electron chi connectivity index (χ2n) is 7.84. The van der Waals surface area contributed by atoms with Crippen molar-refractivity contribution in [2.45, 2.75) is 38.3 Å². The van der Waals surface area contributed by atoms with Gasteiger partial charge in [0.15, 0.2) is 0 Å². The largest absolute Gasteiger partial charge is 0.346 e. The molecule has 1 aliphatic heterocycles. The lowest BCUT2D eigenvalue weighted by molar-refractivity contribution is -0.132. The molecule has 0 saturated heterocycles. The molecule has 6 nitrogen and oxygen atoms in total. The lowest BCUT2D eigenvalue weighted by Gasteiger charge is -2.26. The van der Waals surface area contributed by atoms with Crippen LogP contribution in [0.3, 0.4) is 0 Å². The molecular weight excluding hydrogens is 419 g/mol. The van der Waals surface area contributed by atoms with Crippen LogP contribution in [0.5, 0.6) is 0 Å². The number of carbonyl (C=O) groups excluding carboxylic acids is 1. The number of carbonyl (C=O) groups is 1. The maximum atomic E-state index is 14.2. The summed E-state index contributed by atoms with van der Waals surface area (Å²) in [7, 11) is 1.78. The molecule has 1 unspecified atom stereocenters. The number of amides is 1. The van der Waals surface area contributed by atoms with E-state index in [1.807, 2.05) is 30.3 Å². The number of fused-ring (bicyclic) bond motifs is 1. The molecule has 0 saturated carbocycles. The van der Waals surface area contributed by atoms with Crippen molar-refractivity contribution in [1.29, 1.82) is 0 Å². The zero-order valence-electron chi connectivity index (χ0n) is 17.3. The summed E-state index contributed by atoms with van der Waals surface area (Å²) in [6, 6.07) is 14.4. The highest BCUT2D eigenvalue weighted by Crippen LogP contribution is 2.27. The van der Waals surface area contributed by atoms with Gasteiger partial charge in [0, 0.05) is 30.7 Å². The molecule has 1 amide bonds. The van der Waals surface area contributed by atoms with E-state index in [0.29, 0.717) is 31.8 Å². The number of nitrogens with zero attached hydrogens (tertiary/aromatic N) is 4. The molecule has 1 aromatic heterocycles. The van der Waals surface area contributed by atoms with Gasteiger partial charge in [-0.3, -0.25) is 9.36 Å². The van der Waals surface area contributed by atoms with Crippen molar-refractivity contribution < 1.29 is 9.18 Å². The van der Waals surface area contributed by atoms with Crippen LogP contribution < -0.4 is 5.69 Å². The summed E-state index contributed by atoms with van der Waals surface area (Å²) >= 11 is 6.11. The molecule has 0 aliphatic carbocycles. The summed E-state index contributed by atoms with van der Waals surface area (Å²) < 4.78 is 16.9. The highest BCUT2D eigenvalue weighted by molar-refractivity contribution is 6.31.